The molecule has 1 aliphatic rings. The predicted octanol–water partition coefficient (Wildman–Crippen LogP) is 4.27. The van der Waals surface area contributed by atoms with Crippen molar-refractivity contribution in [3.8, 4) is 0 Å². The van der Waals surface area contributed by atoms with Crippen molar-refractivity contribution in [3.63, 3.8) is 0 Å². The molecule has 0 unspecified atom stereocenters. The first-order valence-corrected chi connectivity index (χ1v) is 9.04. The van der Waals surface area contributed by atoms with E-state index in [1.165, 1.54) is 18.2 Å². The lowest BCUT2D eigenvalue weighted by molar-refractivity contribution is -0.119. The minimum Gasteiger partial charge on any atom is -0.340 e. The summed E-state index contributed by atoms with van der Waals surface area (Å²) in [6, 6.07) is 4.59. The molecule has 1 amide bonds. The van der Waals surface area contributed by atoms with E-state index in [9.17, 15) is 9.18 Å². The highest BCUT2D eigenvalue weighted by Gasteiger charge is 2.39. The van der Waals surface area contributed by atoms with Crippen molar-refractivity contribution in [3.05, 3.63) is 51.8 Å². The number of rotatable bonds is 4. The summed E-state index contributed by atoms with van der Waals surface area (Å²) in [4.78, 5) is 16.8. The number of nitrogens with zero attached hydrogens (tertiary/aromatic N) is 2. The summed E-state index contributed by atoms with van der Waals surface area (Å²) >= 11 is 3.30. The van der Waals surface area contributed by atoms with Crippen LogP contribution in [0.1, 0.15) is 49.4 Å². The number of carbonyl (C=O) groups is 1. The maximum absolute atomic E-state index is 13.8. The molecule has 25 heavy (non-hydrogen) atoms. The molecular formula is C18H19BrFN3O2. The molecule has 0 bridgehead atoms. The van der Waals surface area contributed by atoms with Gasteiger partial charge in [0.25, 0.3) is 0 Å². The summed E-state index contributed by atoms with van der Waals surface area (Å²) < 4.78 is 19.6. The van der Waals surface area contributed by atoms with Crippen LogP contribution in [-0.2, 0) is 10.3 Å². The van der Waals surface area contributed by atoms with E-state index >= 15 is 0 Å². The van der Waals surface area contributed by atoms with Crippen LogP contribution in [0.3, 0.4) is 0 Å². The molecule has 2 aromatic rings. The van der Waals surface area contributed by atoms with Crippen LogP contribution in [0, 0.1) is 12.7 Å². The Balaban J connectivity index is 1.79. The van der Waals surface area contributed by atoms with Crippen molar-refractivity contribution >= 4 is 27.9 Å². The first-order valence-electron chi connectivity index (χ1n) is 8.25. The Morgan fingerprint density at radius 1 is 1.36 bits per heavy atom. The Morgan fingerprint density at radius 2 is 2.12 bits per heavy atom. The Labute approximate surface area is 153 Å². The molecule has 1 heterocycles. The van der Waals surface area contributed by atoms with Crippen molar-refractivity contribution < 1.29 is 13.7 Å². The Bertz CT molecular complexity index is 797. The SMILES string of the molecule is Cc1nc(C2(NC(=O)/C=C/c3cc(Br)ccc3F)CCCCC2)no1. The zero-order chi connectivity index (χ0) is 17.9. The zero-order valence-corrected chi connectivity index (χ0v) is 15.5. The molecule has 0 atom stereocenters. The van der Waals surface area contributed by atoms with Crippen molar-refractivity contribution in [2.45, 2.75) is 44.6 Å². The average Bonchev–Trinajstić information content (AvgIpc) is 3.04. The summed E-state index contributed by atoms with van der Waals surface area (Å²) in [7, 11) is 0. The van der Waals surface area contributed by atoms with Crippen molar-refractivity contribution in [2.75, 3.05) is 0 Å². The fourth-order valence-corrected chi connectivity index (χ4v) is 3.52. The van der Waals surface area contributed by atoms with E-state index in [4.69, 9.17) is 4.52 Å². The molecule has 0 saturated heterocycles. The third kappa shape index (κ3) is 4.15. The number of hydrogen-bond acceptors (Lipinski definition) is 4. The molecule has 1 aromatic heterocycles. The number of nitrogens with one attached hydrogen (secondary N) is 1. The van der Waals surface area contributed by atoms with Gasteiger partial charge in [-0.1, -0.05) is 40.3 Å². The summed E-state index contributed by atoms with van der Waals surface area (Å²) in [5, 5.41) is 7.04. The molecule has 132 valence electrons. The molecule has 1 saturated carbocycles. The molecular weight excluding hydrogens is 389 g/mol. The number of halogens is 2. The van der Waals surface area contributed by atoms with E-state index in [0.717, 1.165) is 36.6 Å². The van der Waals surface area contributed by atoms with Gasteiger partial charge in [-0.2, -0.15) is 4.98 Å². The molecule has 7 heteroatoms. The lowest BCUT2D eigenvalue weighted by atomic mass is 9.81. The fraction of sp³-hybridized carbons (Fsp3) is 0.389. The number of hydrogen-bond donors (Lipinski definition) is 1. The quantitative estimate of drug-likeness (QED) is 0.768. The van der Waals surface area contributed by atoms with E-state index in [0.29, 0.717) is 17.3 Å². The van der Waals surface area contributed by atoms with Gasteiger partial charge >= 0.3 is 0 Å². The fourth-order valence-electron chi connectivity index (χ4n) is 3.14. The zero-order valence-electron chi connectivity index (χ0n) is 13.9. The normalized spacial score (nSPS) is 16.9. The Morgan fingerprint density at radius 3 is 2.80 bits per heavy atom. The minimum absolute atomic E-state index is 0.302. The van der Waals surface area contributed by atoms with Crippen LogP contribution in [0.5, 0.6) is 0 Å². The lowest BCUT2D eigenvalue weighted by Crippen LogP contribution is -2.47. The molecule has 1 N–H and O–H groups in total. The molecule has 0 radical (unpaired) electrons. The highest BCUT2D eigenvalue weighted by molar-refractivity contribution is 9.10. The number of aryl methyl sites for hydroxylation is 1. The average molecular weight is 408 g/mol. The largest absolute Gasteiger partial charge is 0.340 e. The number of aromatic nitrogens is 2. The number of carbonyl (C=O) groups excluding carboxylic acids is 1. The smallest absolute Gasteiger partial charge is 0.244 e. The van der Waals surface area contributed by atoms with Gasteiger partial charge in [0.2, 0.25) is 11.8 Å². The van der Waals surface area contributed by atoms with Crippen LogP contribution in [0.2, 0.25) is 0 Å². The molecule has 1 aromatic carbocycles. The monoisotopic (exact) mass is 407 g/mol. The van der Waals surface area contributed by atoms with Crippen LogP contribution in [0.4, 0.5) is 4.39 Å². The van der Waals surface area contributed by atoms with E-state index in [-0.39, 0.29) is 11.7 Å². The number of amides is 1. The first kappa shape index (κ1) is 17.8. The second kappa shape index (κ2) is 7.47. The van der Waals surface area contributed by atoms with E-state index in [1.54, 1.807) is 19.1 Å². The first-order chi connectivity index (χ1) is 12.0. The topological polar surface area (TPSA) is 68.0 Å². The summed E-state index contributed by atoms with van der Waals surface area (Å²) in [5.74, 6) is 0.304. The highest BCUT2D eigenvalue weighted by Crippen LogP contribution is 2.35. The molecule has 1 fully saturated rings. The van der Waals surface area contributed by atoms with Gasteiger partial charge in [0.1, 0.15) is 11.4 Å². The molecule has 1 aliphatic carbocycles. The summed E-state index contributed by atoms with van der Waals surface area (Å²) in [6.45, 7) is 1.73. The maximum atomic E-state index is 13.8. The van der Waals surface area contributed by atoms with E-state index < -0.39 is 5.54 Å². The third-order valence-electron chi connectivity index (χ3n) is 4.40. The Kier molecular flexibility index (Phi) is 5.32. The second-order valence-corrected chi connectivity index (χ2v) is 7.18. The standard InChI is InChI=1S/C18H19BrFN3O2/c1-12-21-17(23-25-12)18(9-3-2-4-10-18)22-16(24)8-5-13-11-14(19)6-7-15(13)20/h5-8,11H,2-4,9-10H2,1H3,(H,22,24)/b8-5+. The number of benzene rings is 1. The molecule has 3 rings (SSSR count). The molecule has 0 spiro atoms. The van der Waals surface area contributed by atoms with Gasteiger partial charge in [0.05, 0.1) is 0 Å². The van der Waals surface area contributed by atoms with Gasteiger partial charge in [-0.15, -0.1) is 0 Å². The van der Waals surface area contributed by atoms with Gasteiger partial charge in [-0.3, -0.25) is 4.79 Å². The minimum atomic E-state index is -0.618. The van der Waals surface area contributed by atoms with Crippen molar-refractivity contribution in [1.82, 2.24) is 15.5 Å². The van der Waals surface area contributed by atoms with Gasteiger partial charge in [-0.05, 0) is 37.1 Å². The second-order valence-electron chi connectivity index (χ2n) is 6.27. The van der Waals surface area contributed by atoms with E-state index in [2.05, 4.69) is 31.4 Å². The predicted molar refractivity (Wildman–Crippen MR) is 95.1 cm³/mol. The van der Waals surface area contributed by atoms with Gasteiger partial charge < -0.3 is 9.84 Å². The van der Waals surface area contributed by atoms with Crippen LogP contribution < -0.4 is 5.32 Å². The summed E-state index contributed by atoms with van der Waals surface area (Å²) in [6.07, 6.45) is 7.42. The van der Waals surface area contributed by atoms with Crippen LogP contribution in [0.25, 0.3) is 6.08 Å². The molecule has 0 aliphatic heterocycles. The summed E-state index contributed by atoms with van der Waals surface area (Å²) in [5.41, 5.74) is -0.273. The lowest BCUT2D eigenvalue weighted by Gasteiger charge is -2.34. The van der Waals surface area contributed by atoms with Crippen molar-refractivity contribution in [2.24, 2.45) is 0 Å². The van der Waals surface area contributed by atoms with Crippen molar-refractivity contribution in [1.29, 1.82) is 0 Å². The van der Waals surface area contributed by atoms with Crippen LogP contribution >= 0.6 is 15.9 Å². The van der Waals surface area contributed by atoms with E-state index in [1.807, 2.05) is 0 Å². The van der Waals surface area contributed by atoms with Gasteiger partial charge in [0.15, 0.2) is 5.82 Å². The molecule has 5 nitrogen and oxygen atoms in total. The Hall–Kier alpha value is -2.02. The van der Waals surface area contributed by atoms with Crippen LogP contribution in [-0.4, -0.2) is 16.0 Å². The van der Waals surface area contributed by atoms with Crippen LogP contribution in [0.15, 0.2) is 33.3 Å². The highest BCUT2D eigenvalue weighted by atomic mass is 79.9. The maximum Gasteiger partial charge on any atom is 0.244 e. The van der Waals surface area contributed by atoms with Gasteiger partial charge in [0, 0.05) is 23.0 Å². The van der Waals surface area contributed by atoms with Gasteiger partial charge in [-0.25, -0.2) is 4.39 Å². The third-order valence-corrected chi connectivity index (χ3v) is 4.89.